The summed E-state index contributed by atoms with van der Waals surface area (Å²) in [5.74, 6) is 0. The molecular weight excluding hydrogens is 292 g/mol. The number of fused-ring (bicyclic) bond motifs is 1. The lowest BCUT2D eigenvalue weighted by atomic mass is 10.1. The lowest BCUT2D eigenvalue weighted by Crippen LogP contribution is -2.30. The van der Waals surface area contributed by atoms with Gasteiger partial charge in [-0.1, -0.05) is 12.1 Å². The van der Waals surface area contributed by atoms with Crippen molar-refractivity contribution in [1.29, 1.82) is 0 Å². The Hall–Kier alpha value is -3.15. The minimum atomic E-state index is -0.431. The van der Waals surface area contributed by atoms with Gasteiger partial charge in [0, 0.05) is 30.5 Å². The average Bonchev–Trinajstić information content (AvgIpc) is 2.57. The van der Waals surface area contributed by atoms with Crippen molar-refractivity contribution in [2.24, 2.45) is 0 Å². The number of urea groups is 1. The highest BCUT2D eigenvalue weighted by Gasteiger charge is 2.09. The van der Waals surface area contributed by atoms with E-state index >= 15 is 0 Å². The maximum absolute atomic E-state index is 12.4. The lowest BCUT2D eigenvalue weighted by molar-refractivity contribution is 0.251. The molecule has 0 aliphatic heterocycles. The van der Waals surface area contributed by atoms with Crippen molar-refractivity contribution >= 4 is 22.6 Å². The number of hydrogen-bond donors (Lipinski definition) is 3. The number of nitrogens with zero attached hydrogens (tertiary/aromatic N) is 1. The first-order chi connectivity index (χ1) is 11.1. The standard InChI is InChI=1S/C17H16N4O2/c1-11-3-2-4-13-15(11)19-10-14(16(13)22)21-17(23)20-9-12-5-7-18-8-6-12/h2-8,10H,9H2,1H3,(H,19,22)(H2,20,21,23). The molecule has 0 spiro atoms. The van der Waals surface area contributed by atoms with E-state index in [9.17, 15) is 9.59 Å². The number of carbonyl (C=O) groups excluding carboxylic acids is 1. The quantitative estimate of drug-likeness (QED) is 0.695. The van der Waals surface area contributed by atoms with Gasteiger partial charge in [0.2, 0.25) is 5.43 Å². The molecule has 23 heavy (non-hydrogen) atoms. The fourth-order valence-electron chi connectivity index (χ4n) is 2.35. The van der Waals surface area contributed by atoms with Crippen molar-refractivity contribution in [3.05, 3.63) is 70.3 Å². The Morgan fingerprint density at radius 3 is 2.78 bits per heavy atom. The van der Waals surface area contributed by atoms with Gasteiger partial charge in [0.05, 0.1) is 5.52 Å². The summed E-state index contributed by atoms with van der Waals surface area (Å²) < 4.78 is 0. The van der Waals surface area contributed by atoms with Crippen molar-refractivity contribution in [2.45, 2.75) is 13.5 Å². The molecule has 2 heterocycles. The fraction of sp³-hybridized carbons (Fsp3) is 0.118. The van der Waals surface area contributed by atoms with Crippen LogP contribution in [0.2, 0.25) is 0 Å². The fourth-order valence-corrected chi connectivity index (χ4v) is 2.35. The number of aryl methyl sites for hydroxylation is 1. The minimum absolute atomic E-state index is 0.207. The molecule has 0 bridgehead atoms. The van der Waals surface area contributed by atoms with Gasteiger partial charge in [-0.15, -0.1) is 0 Å². The summed E-state index contributed by atoms with van der Waals surface area (Å²) in [5, 5.41) is 5.84. The number of para-hydroxylation sites is 1. The second-order valence-corrected chi connectivity index (χ2v) is 5.19. The van der Waals surface area contributed by atoms with Gasteiger partial charge in [0.25, 0.3) is 0 Å². The number of benzene rings is 1. The Bertz CT molecular complexity index is 903. The molecule has 0 unspecified atom stereocenters. The maximum atomic E-state index is 12.4. The van der Waals surface area contributed by atoms with Gasteiger partial charge in [-0.2, -0.15) is 0 Å². The highest BCUT2D eigenvalue weighted by Crippen LogP contribution is 2.14. The zero-order valence-electron chi connectivity index (χ0n) is 12.6. The molecule has 3 N–H and O–H groups in total. The monoisotopic (exact) mass is 308 g/mol. The molecule has 3 rings (SSSR count). The summed E-state index contributed by atoms with van der Waals surface area (Å²) in [7, 11) is 0. The van der Waals surface area contributed by atoms with E-state index in [1.165, 1.54) is 6.20 Å². The van der Waals surface area contributed by atoms with Gasteiger partial charge in [-0.3, -0.25) is 9.78 Å². The van der Waals surface area contributed by atoms with Crippen LogP contribution in [0.4, 0.5) is 10.5 Å². The second-order valence-electron chi connectivity index (χ2n) is 5.19. The van der Waals surface area contributed by atoms with E-state index in [1.54, 1.807) is 18.5 Å². The number of anilines is 1. The van der Waals surface area contributed by atoms with Crippen LogP contribution in [0.5, 0.6) is 0 Å². The predicted octanol–water partition coefficient (Wildman–Crippen LogP) is 2.55. The summed E-state index contributed by atoms with van der Waals surface area (Å²) in [5.41, 5.74) is 2.70. The third-order valence-electron chi connectivity index (χ3n) is 3.57. The summed E-state index contributed by atoms with van der Waals surface area (Å²) in [6.07, 6.45) is 4.83. The molecule has 2 amide bonds. The average molecular weight is 308 g/mol. The van der Waals surface area contributed by atoms with Gasteiger partial charge in [0.15, 0.2) is 0 Å². The number of carbonyl (C=O) groups is 1. The molecule has 0 aliphatic carbocycles. The molecule has 116 valence electrons. The van der Waals surface area contributed by atoms with Gasteiger partial charge >= 0.3 is 6.03 Å². The van der Waals surface area contributed by atoms with Crippen LogP contribution in [0.3, 0.4) is 0 Å². The number of aromatic nitrogens is 2. The van der Waals surface area contributed by atoms with Crippen molar-refractivity contribution < 1.29 is 4.79 Å². The Labute approximate surface area is 132 Å². The smallest absolute Gasteiger partial charge is 0.319 e. The number of hydrogen-bond acceptors (Lipinski definition) is 3. The number of amides is 2. The SMILES string of the molecule is Cc1cccc2c(=O)c(NC(=O)NCc3ccncc3)c[nH]c12. The first-order valence-electron chi connectivity index (χ1n) is 7.20. The molecule has 0 saturated heterocycles. The molecule has 0 fully saturated rings. The zero-order chi connectivity index (χ0) is 16.2. The number of pyridine rings is 2. The molecule has 3 aromatic rings. The van der Waals surface area contributed by atoms with Crippen LogP contribution in [0.25, 0.3) is 10.9 Å². The minimum Gasteiger partial charge on any atom is -0.359 e. The van der Waals surface area contributed by atoms with E-state index in [0.29, 0.717) is 11.9 Å². The van der Waals surface area contributed by atoms with Gasteiger partial charge in [-0.25, -0.2) is 4.79 Å². The molecule has 0 aliphatic rings. The van der Waals surface area contributed by atoms with E-state index in [0.717, 1.165) is 16.6 Å². The maximum Gasteiger partial charge on any atom is 0.319 e. The number of rotatable bonds is 3. The molecule has 2 aromatic heterocycles. The van der Waals surface area contributed by atoms with Crippen molar-refractivity contribution in [2.75, 3.05) is 5.32 Å². The van der Waals surface area contributed by atoms with Crippen molar-refractivity contribution in [1.82, 2.24) is 15.3 Å². The Balaban J connectivity index is 1.75. The van der Waals surface area contributed by atoms with Crippen molar-refractivity contribution in [3.63, 3.8) is 0 Å². The van der Waals surface area contributed by atoms with Crippen LogP contribution in [0.1, 0.15) is 11.1 Å². The first kappa shape index (κ1) is 14.8. The highest BCUT2D eigenvalue weighted by atomic mass is 16.2. The molecule has 0 saturated carbocycles. The molecule has 0 radical (unpaired) electrons. The second kappa shape index (κ2) is 6.31. The van der Waals surface area contributed by atoms with Crippen LogP contribution in [0.15, 0.2) is 53.7 Å². The Morgan fingerprint density at radius 1 is 1.22 bits per heavy atom. The van der Waals surface area contributed by atoms with Crippen LogP contribution < -0.4 is 16.1 Å². The first-order valence-corrected chi connectivity index (χ1v) is 7.20. The Morgan fingerprint density at radius 2 is 2.00 bits per heavy atom. The van der Waals surface area contributed by atoms with E-state index in [4.69, 9.17) is 0 Å². The summed E-state index contributed by atoms with van der Waals surface area (Å²) >= 11 is 0. The lowest BCUT2D eigenvalue weighted by Gasteiger charge is -2.08. The molecule has 6 nitrogen and oxygen atoms in total. The molecular formula is C17H16N4O2. The van der Waals surface area contributed by atoms with Crippen LogP contribution in [-0.4, -0.2) is 16.0 Å². The third kappa shape index (κ3) is 3.21. The number of H-pyrrole nitrogens is 1. The summed E-state index contributed by atoms with van der Waals surface area (Å²) in [4.78, 5) is 31.3. The Kier molecular flexibility index (Phi) is 4.05. The van der Waals surface area contributed by atoms with E-state index in [2.05, 4.69) is 20.6 Å². The van der Waals surface area contributed by atoms with Crippen LogP contribution in [0, 0.1) is 6.92 Å². The molecule has 0 atom stereocenters. The van der Waals surface area contributed by atoms with E-state index in [1.807, 2.05) is 31.2 Å². The zero-order valence-corrected chi connectivity index (χ0v) is 12.6. The topological polar surface area (TPSA) is 86.9 Å². The number of aromatic amines is 1. The third-order valence-corrected chi connectivity index (χ3v) is 3.57. The molecule has 6 heteroatoms. The predicted molar refractivity (Wildman–Crippen MR) is 89.4 cm³/mol. The number of nitrogens with one attached hydrogen (secondary N) is 3. The summed E-state index contributed by atoms with van der Waals surface area (Å²) in [6.45, 7) is 2.28. The van der Waals surface area contributed by atoms with Gasteiger partial charge in [-0.05, 0) is 36.2 Å². The normalized spacial score (nSPS) is 10.5. The van der Waals surface area contributed by atoms with Crippen molar-refractivity contribution in [3.8, 4) is 0 Å². The molecule has 1 aromatic carbocycles. The van der Waals surface area contributed by atoms with E-state index < -0.39 is 6.03 Å². The van der Waals surface area contributed by atoms with Gasteiger partial charge < -0.3 is 15.6 Å². The largest absolute Gasteiger partial charge is 0.359 e. The van der Waals surface area contributed by atoms with Crippen LogP contribution in [-0.2, 0) is 6.54 Å². The van der Waals surface area contributed by atoms with E-state index in [-0.39, 0.29) is 11.1 Å². The van der Waals surface area contributed by atoms with Crippen LogP contribution >= 0.6 is 0 Å². The summed E-state index contributed by atoms with van der Waals surface area (Å²) in [6, 6.07) is 8.67. The van der Waals surface area contributed by atoms with Gasteiger partial charge in [0.1, 0.15) is 5.69 Å². The highest BCUT2D eigenvalue weighted by molar-refractivity contribution is 5.92.